The third kappa shape index (κ3) is 6.26. The highest BCUT2D eigenvalue weighted by molar-refractivity contribution is 5.89. The quantitative estimate of drug-likeness (QED) is 0.774. The highest BCUT2D eigenvalue weighted by Crippen LogP contribution is 2.19. The van der Waals surface area contributed by atoms with Crippen molar-refractivity contribution in [3.05, 3.63) is 30.3 Å². The average molecular weight is 348 g/mol. The fraction of sp³-hybridized carbons (Fsp3) is 0.556. The summed E-state index contributed by atoms with van der Waals surface area (Å²) >= 11 is 0. The lowest BCUT2D eigenvalue weighted by Crippen LogP contribution is -2.45. The number of rotatable bonds is 6. The Morgan fingerprint density at radius 2 is 1.92 bits per heavy atom. The zero-order valence-corrected chi connectivity index (χ0v) is 15.0. The van der Waals surface area contributed by atoms with Crippen LogP contribution in [0.15, 0.2) is 30.3 Å². The first-order chi connectivity index (χ1) is 12.1. The Hall–Kier alpha value is -2.28. The predicted octanol–water partition coefficient (Wildman–Crippen LogP) is 2.22. The third-order valence-electron chi connectivity index (χ3n) is 4.39. The summed E-state index contributed by atoms with van der Waals surface area (Å²) in [4.78, 5) is 27.8. The molecule has 0 aromatic heterocycles. The molecule has 1 aromatic carbocycles. The van der Waals surface area contributed by atoms with Crippen LogP contribution in [-0.2, 0) is 4.74 Å². The van der Waals surface area contributed by atoms with Crippen molar-refractivity contribution in [2.75, 3.05) is 52.3 Å². The number of amides is 4. The number of para-hydroxylation sites is 1. The highest BCUT2D eigenvalue weighted by atomic mass is 16.5. The van der Waals surface area contributed by atoms with Crippen molar-refractivity contribution in [1.29, 1.82) is 0 Å². The largest absolute Gasteiger partial charge is 0.383 e. The van der Waals surface area contributed by atoms with Gasteiger partial charge in [-0.1, -0.05) is 18.2 Å². The van der Waals surface area contributed by atoms with Gasteiger partial charge in [0, 0.05) is 46.0 Å². The van der Waals surface area contributed by atoms with Crippen LogP contribution in [0, 0.1) is 5.92 Å². The molecule has 7 nitrogen and oxygen atoms in total. The second-order valence-corrected chi connectivity index (χ2v) is 6.33. The molecule has 0 bridgehead atoms. The Morgan fingerprint density at radius 1 is 1.24 bits per heavy atom. The molecule has 2 N–H and O–H groups in total. The highest BCUT2D eigenvalue weighted by Gasteiger charge is 2.24. The fourth-order valence-electron chi connectivity index (χ4n) is 2.91. The smallest absolute Gasteiger partial charge is 0.321 e. The number of carbonyl (C=O) groups is 2. The molecule has 0 aliphatic carbocycles. The number of nitrogens with zero attached hydrogens (tertiary/aromatic N) is 2. The first kappa shape index (κ1) is 19.1. The summed E-state index contributed by atoms with van der Waals surface area (Å²) < 4.78 is 4.92. The Balaban J connectivity index is 1.70. The molecule has 0 spiro atoms. The van der Waals surface area contributed by atoms with Crippen LogP contribution >= 0.6 is 0 Å². The van der Waals surface area contributed by atoms with E-state index in [0.29, 0.717) is 38.7 Å². The second kappa shape index (κ2) is 9.88. The van der Waals surface area contributed by atoms with Crippen LogP contribution in [0.1, 0.15) is 12.8 Å². The molecule has 0 radical (unpaired) electrons. The van der Waals surface area contributed by atoms with Crippen molar-refractivity contribution in [2.45, 2.75) is 12.8 Å². The third-order valence-corrected chi connectivity index (χ3v) is 4.39. The number of methoxy groups -OCH3 is 1. The van der Waals surface area contributed by atoms with E-state index in [1.54, 1.807) is 19.1 Å². The van der Waals surface area contributed by atoms with Crippen molar-refractivity contribution < 1.29 is 14.3 Å². The Kier molecular flexibility index (Phi) is 7.53. The summed E-state index contributed by atoms with van der Waals surface area (Å²) in [6.07, 6.45) is 1.80. The van der Waals surface area contributed by atoms with Gasteiger partial charge in [0.2, 0.25) is 0 Å². The van der Waals surface area contributed by atoms with Gasteiger partial charge in [-0.3, -0.25) is 0 Å². The molecule has 0 unspecified atom stereocenters. The van der Waals surface area contributed by atoms with Crippen LogP contribution in [0.5, 0.6) is 0 Å². The maximum absolute atomic E-state index is 12.3. The van der Waals surface area contributed by atoms with E-state index in [2.05, 4.69) is 10.6 Å². The van der Waals surface area contributed by atoms with E-state index < -0.39 is 0 Å². The number of piperidine rings is 1. The number of ether oxygens (including phenoxy) is 1. The van der Waals surface area contributed by atoms with Gasteiger partial charge in [0.15, 0.2) is 0 Å². The first-order valence-electron chi connectivity index (χ1n) is 8.69. The van der Waals surface area contributed by atoms with Crippen LogP contribution < -0.4 is 10.6 Å². The van der Waals surface area contributed by atoms with E-state index in [-0.39, 0.29) is 12.1 Å². The molecule has 1 fully saturated rings. The molecule has 0 atom stereocenters. The SMILES string of the molecule is COCCNC(=O)N(C)CC1CCN(C(=O)Nc2ccccc2)CC1. The molecule has 1 aromatic rings. The molecule has 0 saturated carbocycles. The molecule has 1 aliphatic rings. The number of anilines is 1. The zero-order valence-electron chi connectivity index (χ0n) is 15.0. The van der Waals surface area contributed by atoms with Gasteiger partial charge in [-0.15, -0.1) is 0 Å². The number of carbonyl (C=O) groups excluding carboxylic acids is 2. The van der Waals surface area contributed by atoms with E-state index in [0.717, 1.165) is 18.5 Å². The Bertz CT molecular complexity index is 545. The molecule has 1 aliphatic heterocycles. The maximum atomic E-state index is 12.3. The van der Waals surface area contributed by atoms with Crippen LogP contribution in [0.4, 0.5) is 15.3 Å². The number of benzene rings is 1. The summed E-state index contributed by atoms with van der Waals surface area (Å²) in [5, 5.41) is 5.73. The summed E-state index contributed by atoms with van der Waals surface area (Å²) in [7, 11) is 3.41. The molecule has 138 valence electrons. The van der Waals surface area contributed by atoms with Crippen molar-refractivity contribution >= 4 is 17.7 Å². The summed E-state index contributed by atoms with van der Waals surface area (Å²) in [5.41, 5.74) is 0.807. The first-order valence-corrected chi connectivity index (χ1v) is 8.69. The number of nitrogens with one attached hydrogen (secondary N) is 2. The number of hydrogen-bond acceptors (Lipinski definition) is 3. The van der Waals surface area contributed by atoms with Gasteiger partial charge in [0.1, 0.15) is 0 Å². The minimum absolute atomic E-state index is 0.0599. The molecule has 1 heterocycles. The van der Waals surface area contributed by atoms with E-state index in [9.17, 15) is 9.59 Å². The molecule has 7 heteroatoms. The van der Waals surface area contributed by atoms with Gasteiger partial charge in [-0.25, -0.2) is 9.59 Å². The van der Waals surface area contributed by atoms with E-state index in [1.165, 1.54) is 0 Å². The fourth-order valence-corrected chi connectivity index (χ4v) is 2.91. The van der Waals surface area contributed by atoms with E-state index >= 15 is 0 Å². The molecular weight excluding hydrogens is 320 g/mol. The van der Waals surface area contributed by atoms with Crippen molar-refractivity contribution in [1.82, 2.24) is 15.1 Å². The monoisotopic (exact) mass is 348 g/mol. The minimum Gasteiger partial charge on any atom is -0.383 e. The molecule has 4 amide bonds. The lowest BCUT2D eigenvalue weighted by Gasteiger charge is -2.33. The molecule has 2 rings (SSSR count). The minimum atomic E-state index is -0.0821. The maximum Gasteiger partial charge on any atom is 0.321 e. The van der Waals surface area contributed by atoms with Crippen LogP contribution in [-0.4, -0.2) is 68.8 Å². The van der Waals surface area contributed by atoms with Gasteiger partial charge in [0.25, 0.3) is 0 Å². The molecular formula is C18H28N4O3. The Labute approximate surface area is 149 Å². The van der Waals surface area contributed by atoms with Gasteiger partial charge in [-0.05, 0) is 30.9 Å². The number of hydrogen-bond donors (Lipinski definition) is 2. The van der Waals surface area contributed by atoms with Gasteiger partial charge >= 0.3 is 12.1 Å². The van der Waals surface area contributed by atoms with Crippen LogP contribution in [0.3, 0.4) is 0 Å². The van der Waals surface area contributed by atoms with Gasteiger partial charge in [-0.2, -0.15) is 0 Å². The van der Waals surface area contributed by atoms with Gasteiger partial charge < -0.3 is 25.2 Å². The number of urea groups is 2. The zero-order chi connectivity index (χ0) is 18.1. The van der Waals surface area contributed by atoms with Gasteiger partial charge in [0.05, 0.1) is 6.61 Å². The number of likely N-dealkylation sites (tertiary alicyclic amines) is 1. The Morgan fingerprint density at radius 3 is 2.56 bits per heavy atom. The summed E-state index contributed by atoms with van der Waals surface area (Å²) in [6.45, 7) is 3.14. The van der Waals surface area contributed by atoms with Crippen LogP contribution in [0.2, 0.25) is 0 Å². The van der Waals surface area contributed by atoms with E-state index in [1.807, 2.05) is 35.2 Å². The normalized spacial score (nSPS) is 14.9. The standard InChI is InChI=1S/C18H28N4O3/c1-21(17(23)19-10-13-25-2)14-15-8-11-22(12-9-15)18(24)20-16-6-4-3-5-7-16/h3-7,15H,8-14H2,1-2H3,(H,19,23)(H,20,24). The molecule has 1 saturated heterocycles. The molecule has 25 heavy (non-hydrogen) atoms. The lowest BCUT2D eigenvalue weighted by atomic mass is 9.96. The topological polar surface area (TPSA) is 73.9 Å². The van der Waals surface area contributed by atoms with Crippen molar-refractivity contribution in [3.63, 3.8) is 0 Å². The van der Waals surface area contributed by atoms with E-state index in [4.69, 9.17) is 4.74 Å². The van der Waals surface area contributed by atoms with Crippen molar-refractivity contribution in [2.24, 2.45) is 5.92 Å². The summed E-state index contributed by atoms with van der Waals surface area (Å²) in [6, 6.07) is 9.33. The average Bonchev–Trinajstić information content (AvgIpc) is 2.63. The summed E-state index contributed by atoms with van der Waals surface area (Å²) in [5.74, 6) is 0.416. The predicted molar refractivity (Wildman–Crippen MR) is 97.7 cm³/mol. The van der Waals surface area contributed by atoms with Crippen LogP contribution in [0.25, 0.3) is 0 Å². The lowest BCUT2D eigenvalue weighted by molar-refractivity contribution is 0.158. The van der Waals surface area contributed by atoms with Crippen molar-refractivity contribution in [3.8, 4) is 0 Å². The second-order valence-electron chi connectivity index (χ2n) is 6.33.